The van der Waals surface area contributed by atoms with E-state index in [4.69, 9.17) is 105 Å². The van der Waals surface area contributed by atoms with Gasteiger partial charge >= 0.3 is 124 Å². The number of carboxylic acids is 6. The van der Waals surface area contributed by atoms with Crippen molar-refractivity contribution in [2.45, 2.75) is 116 Å². The molecule has 0 unspecified atom stereocenters. The molecule has 0 amide bonds. The smallest absolute Gasteiger partial charge is 0.481 e. The fraction of sp³-hybridized carbons (Fsp3) is 0.727. The Bertz CT molecular complexity index is 979. The topological polar surface area (TPSA) is 234 Å². The molecule has 0 aromatic rings. The maximum absolute atomic E-state index is 10.3. The fourth-order valence-electron chi connectivity index (χ4n) is 4.36. The monoisotopic (exact) mass is 945 g/mol. The van der Waals surface area contributed by atoms with Gasteiger partial charge in [-0.1, -0.05) is 13.0 Å². The van der Waals surface area contributed by atoms with Crippen molar-refractivity contribution in [1.82, 2.24) is 14.7 Å². The van der Waals surface area contributed by atoms with Crippen molar-refractivity contribution in [1.29, 1.82) is 0 Å². The van der Waals surface area contributed by atoms with Crippen molar-refractivity contribution in [2.75, 3.05) is 39.3 Å². The molecule has 0 fully saturated rings. The summed E-state index contributed by atoms with van der Waals surface area (Å²) < 4.78 is 1.09. The Labute approximate surface area is 435 Å². The molecule has 0 atom stereocenters. The van der Waals surface area contributed by atoms with Gasteiger partial charge in [0.05, 0.1) is 0 Å². The van der Waals surface area contributed by atoms with Crippen LogP contribution in [0.5, 0.6) is 0 Å². The van der Waals surface area contributed by atoms with Crippen molar-refractivity contribution in [2.24, 2.45) is 0 Å². The van der Waals surface area contributed by atoms with Crippen LogP contribution in [0.3, 0.4) is 0 Å². The van der Waals surface area contributed by atoms with Gasteiger partial charge < -0.3 is 120 Å². The Hall–Kier alpha value is 0.150. The van der Waals surface area contributed by atoms with Gasteiger partial charge in [-0.25, -0.2) is 0 Å². The Morgan fingerprint density at radius 3 is 0.526 bits per heavy atom. The predicted molar refractivity (Wildman–Crippen MR) is 224 cm³/mol. The molecule has 0 rings (SSSR count). The Morgan fingerprint density at radius 2 is 0.439 bits per heavy atom. The first-order chi connectivity index (χ1) is 25.3. The number of carbonyl (C=O) groups is 6. The minimum Gasteiger partial charge on any atom is -0.481 e. The molecule has 0 aliphatic heterocycles. The van der Waals surface area contributed by atoms with Gasteiger partial charge in [0.25, 0.3) is 0 Å². The van der Waals surface area contributed by atoms with E-state index in [9.17, 15) is 28.8 Å². The van der Waals surface area contributed by atoms with E-state index in [-0.39, 0.29) is 127 Å². The molecule has 6 N–H and O–H groups in total. The second kappa shape index (κ2) is 47.2. The summed E-state index contributed by atoms with van der Waals surface area (Å²) >= 11 is 29.6. The summed E-state index contributed by atoms with van der Waals surface area (Å²) in [6.07, 6.45) is 8.82. The molecule has 0 aliphatic carbocycles. The molecule has 0 aliphatic rings. The van der Waals surface area contributed by atoms with Gasteiger partial charge in [0.1, 0.15) is 0 Å². The van der Waals surface area contributed by atoms with Crippen LogP contribution in [0.25, 0.3) is 0 Å². The summed E-state index contributed by atoms with van der Waals surface area (Å²) in [5, 5.41) is 51.0. The average Bonchev–Trinajstić information content (AvgIpc) is 3.05. The zero-order chi connectivity index (χ0) is 41.9. The first-order valence-corrected chi connectivity index (χ1v) is 19.9. The summed E-state index contributed by atoms with van der Waals surface area (Å²) in [7, 11) is 0. The molecule has 24 heteroatoms. The van der Waals surface area contributed by atoms with Crippen molar-refractivity contribution >= 4 is 123 Å². The van der Waals surface area contributed by atoms with Gasteiger partial charge in [0.15, 0.2) is 0 Å². The van der Waals surface area contributed by atoms with Crippen LogP contribution >= 0.6 is 36.7 Å². The molecule has 0 radical (unpaired) electrons. The van der Waals surface area contributed by atoms with Gasteiger partial charge in [0, 0.05) is 77.8 Å². The Balaban J connectivity index is -0.000000167. The largest absolute Gasteiger partial charge is 1.00 e. The number of hydrogen-bond donors (Lipinski definition) is 6. The maximum atomic E-state index is 10.3. The van der Waals surface area contributed by atoms with Gasteiger partial charge in [0.2, 0.25) is 0 Å². The molecular formula is C33H54N3Na3O12S6. The van der Waals surface area contributed by atoms with Crippen LogP contribution in [0.1, 0.15) is 116 Å². The van der Waals surface area contributed by atoms with E-state index in [0.29, 0.717) is 90.8 Å². The quantitative estimate of drug-likeness (QED) is 0.0174. The van der Waals surface area contributed by atoms with Crippen LogP contribution in [0, 0.1) is 0 Å². The minimum absolute atomic E-state index is 0. The number of hydrogen-bond acceptors (Lipinski definition) is 12. The van der Waals surface area contributed by atoms with E-state index in [1.807, 2.05) is 14.7 Å². The van der Waals surface area contributed by atoms with Gasteiger partial charge in [-0.2, -0.15) is 0 Å². The van der Waals surface area contributed by atoms with E-state index in [1.54, 1.807) is 0 Å². The van der Waals surface area contributed by atoms with E-state index in [0.717, 1.165) is 38.5 Å². The summed E-state index contributed by atoms with van der Waals surface area (Å²) in [6, 6.07) is 0. The number of unbranched alkanes of at least 4 members (excludes halogenated alkanes) is 6. The van der Waals surface area contributed by atoms with Crippen LogP contribution < -0.4 is 88.7 Å². The van der Waals surface area contributed by atoms with Crippen molar-refractivity contribution in [3.05, 3.63) is 0 Å². The molecular weight excluding hydrogens is 892 g/mol. The molecule has 0 saturated carbocycles. The standard InChI is InChI=1S/3C11H19NO4S2.3Na/c3*13-9(14)5-1-3-7-12(11(17)18)8-4-2-6-10(15)16;;;/h3*1-8H2,(H,13,14)(H,15,16)(H,17,18);;;/q;;;3*+1/p-3. The SMILES string of the molecule is O=C(O)CCCCN(CCCCC(=O)O)C(=S)[S-].O=C(O)CCCCN(CCCCC(=O)O)C(=S)[S-].O=C(O)CCCCN(CCCCC(=O)O)C(=S)[S-].[Na+].[Na+].[Na+]. The third-order valence-corrected chi connectivity index (χ3v) is 8.74. The molecule has 0 heterocycles. The van der Waals surface area contributed by atoms with Crippen LogP contribution in [0.2, 0.25) is 0 Å². The minimum atomic E-state index is -0.802. The third-order valence-electron chi connectivity index (χ3n) is 7.19. The normalized spacial score (nSPS) is 9.47. The molecule has 312 valence electrons. The Kier molecular flexibility index (Phi) is 57.0. The van der Waals surface area contributed by atoms with Crippen LogP contribution in [0.4, 0.5) is 0 Å². The summed E-state index contributed by atoms with van der Waals surface area (Å²) in [5.74, 6) is -4.81. The number of thiocarbonyl (C=S) groups is 3. The maximum Gasteiger partial charge on any atom is 1.00 e. The predicted octanol–water partition coefficient (Wildman–Crippen LogP) is -4.10. The second-order valence-electron chi connectivity index (χ2n) is 11.9. The van der Waals surface area contributed by atoms with Gasteiger partial charge in [-0.15, -0.1) is 0 Å². The van der Waals surface area contributed by atoms with E-state index >= 15 is 0 Å². The van der Waals surface area contributed by atoms with Crippen molar-refractivity contribution in [3.8, 4) is 0 Å². The van der Waals surface area contributed by atoms with Crippen LogP contribution in [0.15, 0.2) is 0 Å². The number of carboxylic acid groups (broad SMARTS) is 6. The molecule has 0 saturated heterocycles. The summed E-state index contributed by atoms with van der Waals surface area (Å²) in [5.41, 5.74) is 0. The molecule has 15 nitrogen and oxygen atoms in total. The molecule has 0 spiro atoms. The fourth-order valence-corrected chi connectivity index (χ4v) is 5.45. The second-order valence-corrected chi connectivity index (χ2v) is 15.0. The van der Waals surface area contributed by atoms with Crippen LogP contribution in [-0.2, 0) is 66.7 Å². The molecule has 57 heavy (non-hydrogen) atoms. The third kappa shape index (κ3) is 56.2. The molecule has 0 bridgehead atoms. The van der Waals surface area contributed by atoms with E-state index in [1.165, 1.54) is 0 Å². The van der Waals surface area contributed by atoms with E-state index < -0.39 is 35.8 Å². The van der Waals surface area contributed by atoms with Gasteiger partial charge in [-0.05, 0) is 77.0 Å². The summed E-state index contributed by atoms with van der Waals surface area (Å²) in [6.45, 7) is 3.85. The first kappa shape index (κ1) is 68.9. The van der Waals surface area contributed by atoms with Crippen LogP contribution in [-0.4, -0.2) is 133 Å². The zero-order valence-electron chi connectivity index (χ0n) is 33.4. The molecule has 0 aromatic heterocycles. The molecule has 0 aromatic carbocycles. The van der Waals surface area contributed by atoms with E-state index in [2.05, 4.69) is 0 Å². The first-order valence-electron chi connectivity index (χ1n) is 17.5. The number of rotatable bonds is 30. The summed E-state index contributed by atoms with van der Waals surface area (Å²) in [4.78, 5) is 67.5. The number of nitrogens with zero attached hydrogens (tertiary/aromatic N) is 3. The van der Waals surface area contributed by atoms with Crippen molar-refractivity contribution < 1.29 is 148 Å². The van der Waals surface area contributed by atoms with Crippen molar-refractivity contribution in [3.63, 3.8) is 0 Å². The van der Waals surface area contributed by atoms with Gasteiger partial charge in [-0.3, -0.25) is 28.8 Å². The average molecular weight is 946 g/mol. The Morgan fingerprint density at radius 1 is 0.316 bits per heavy atom. The number of aliphatic carboxylic acids is 6. The zero-order valence-corrected chi connectivity index (χ0v) is 44.3.